The van der Waals surface area contributed by atoms with Gasteiger partial charge < -0.3 is 10.2 Å². The van der Waals surface area contributed by atoms with Crippen molar-refractivity contribution in [3.63, 3.8) is 0 Å². The predicted octanol–water partition coefficient (Wildman–Crippen LogP) is 2.63. The van der Waals surface area contributed by atoms with Gasteiger partial charge in [0.2, 0.25) is 5.91 Å². The Morgan fingerprint density at radius 1 is 1.30 bits per heavy atom. The maximum Gasteiger partial charge on any atom is 0.227 e. The van der Waals surface area contributed by atoms with Gasteiger partial charge in [0.25, 0.3) is 0 Å². The molecule has 1 aromatic carbocycles. The molecular weight excluding hydrogens is 272 g/mol. The highest BCUT2D eigenvalue weighted by Gasteiger charge is 2.23. The van der Waals surface area contributed by atoms with E-state index >= 15 is 0 Å². The lowest BCUT2D eigenvalue weighted by molar-refractivity contribution is -0.135. The molecule has 112 valence electrons. The van der Waals surface area contributed by atoms with E-state index in [1.165, 1.54) is 11.1 Å². The number of benzene rings is 1. The van der Waals surface area contributed by atoms with E-state index in [0.717, 1.165) is 32.4 Å². The number of hydrogen-bond acceptors (Lipinski definition) is 2. The van der Waals surface area contributed by atoms with Crippen LogP contribution in [0.5, 0.6) is 0 Å². The second-order valence-electron chi connectivity index (χ2n) is 5.41. The van der Waals surface area contributed by atoms with Gasteiger partial charge in [0.05, 0.1) is 5.92 Å². The van der Waals surface area contributed by atoms with E-state index in [9.17, 15) is 4.79 Å². The van der Waals surface area contributed by atoms with Crippen molar-refractivity contribution in [1.82, 2.24) is 10.2 Å². The van der Waals surface area contributed by atoms with Gasteiger partial charge in [-0.15, -0.1) is 12.4 Å². The molecule has 0 spiro atoms. The summed E-state index contributed by atoms with van der Waals surface area (Å²) in [7, 11) is 1.91. The zero-order valence-corrected chi connectivity index (χ0v) is 13.2. The molecule has 0 saturated carbocycles. The summed E-state index contributed by atoms with van der Waals surface area (Å²) >= 11 is 0. The van der Waals surface area contributed by atoms with Crippen molar-refractivity contribution in [3.05, 3.63) is 35.4 Å². The zero-order chi connectivity index (χ0) is 13.7. The summed E-state index contributed by atoms with van der Waals surface area (Å²) in [4.78, 5) is 14.2. The Bertz CT molecular complexity index is 413. The summed E-state index contributed by atoms with van der Waals surface area (Å²) in [5, 5.41) is 3.30. The Kier molecular flexibility index (Phi) is 7.03. The first-order chi connectivity index (χ1) is 9.20. The van der Waals surface area contributed by atoms with Crippen molar-refractivity contribution in [2.75, 3.05) is 20.1 Å². The second-order valence-corrected chi connectivity index (χ2v) is 5.41. The smallest absolute Gasteiger partial charge is 0.227 e. The lowest BCUT2D eigenvalue weighted by Crippen LogP contribution is -2.41. The summed E-state index contributed by atoms with van der Waals surface area (Å²) in [5.41, 5.74) is 2.55. The van der Waals surface area contributed by atoms with Gasteiger partial charge in [0.15, 0.2) is 0 Å². The van der Waals surface area contributed by atoms with Crippen molar-refractivity contribution >= 4 is 18.3 Å². The molecule has 1 heterocycles. The van der Waals surface area contributed by atoms with E-state index in [2.05, 4.69) is 36.5 Å². The lowest BCUT2D eigenvalue weighted by Gasteiger charge is -2.27. The highest BCUT2D eigenvalue weighted by molar-refractivity contribution is 5.85. The Balaban J connectivity index is 0.00000200. The number of carbonyl (C=O) groups is 1. The van der Waals surface area contributed by atoms with E-state index in [-0.39, 0.29) is 24.2 Å². The fraction of sp³-hybridized carbons (Fsp3) is 0.562. The number of nitrogens with zero attached hydrogens (tertiary/aromatic N) is 1. The largest absolute Gasteiger partial charge is 0.341 e. The minimum absolute atomic E-state index is 0. The molecule has 0 bridgehead atoms. The van der Waals surface area contributed by atoms with Crippen LogP contribution in [0.2, 0.25) is 0 Å². The van der Waals surface area contributed by atoms with E-state index in [1.54, 1.807) is 0 Å². The molecule has 0 aliphatic carbocycles. The van der Waals surface area contributed by atoms with E-state index < -0.39 is 0 Å². The molecule has 0 aromatic heterocycles. The van der Waals surface area contributed by atoms with Crippen LogP contribution in [0.1, 0.15) is 30.9 Å². The molecule has 1 aromatic rings. The standard InChI is InChI=1S/C16H24N2O.ClH/c1-3-13-6-8-14(9-7-13)12-18(2)16(19)15-5-4-10-17-11-15;/h6-9,15,17H,3-5,10-12H2,1-2H3;1H/t15-;/m1./s1. The van der Waals surface area contributed by atoms with Crippen LogP contribution in [-0.4, -0.2) is 30.9 Å². The van der Waals surface area contributed by atoms with Gasteiger partial charge in [-0.25, -0.2) is 0 Å². The molecule has 1 atom stereocenters. The van der Waals surface area contributed by atoms with Crippen molar-refractivity contribution in [2.45, 2.75) is 32.7 Å². The molecule has 3 nitrogen and oxygen atoms in total. The first kappa shape index (κ1) is 17.0. The van der Waals surface area contributed by atoms with Crippen LogP contribution in [0, 0.1) is 5.92 Å². The Morgan fingerprint density at radius 2 is 1.95 bits per heavy atom. The highest BCUT2D eigenvalue weighted by atomic mass is 35.5. The lowest BCUT2D eigenvalue weighted by atomic mass is 9.98. The monoisotopic (exact) mass is 296 g/mol. The second kappa shape index (κ2) is 8.28. The van der Waals surface area contributed by atoms with Gasteiger partial charge >= 0.3 is 0 Å². The topological polar surface area (TPSA) is 32.3 Å². The van der Waals surface area contributed by atoms with Crippen LogP contribution in [-0.2, 0) is 17.8 Å². The third-order valence-corrected chi connectivity index (χ3v) is 3.87. The summed E-state index contributed by atoms with van der Waals surface area (Å²) in [5.74, 6) is 0.431. The molecule has 0 unspecified atom stereocenters. The quantitative estimate of drug-likeness (QED) is 0.926. The van der Waals surface area contributed by atoms with Crippen LogP contribution in [0.15, 0.2) is 24.3 Å². The van der Waals surface area contributed by atoms with Gasteiger partial charge in [0.1, 0.15) is 0 Å². The third kappa shape index (κ3) is 4.50. The van der Waals surface area contributed by atoms with Gasteiger partial charge in [-0.3, -0.25) is 4.79 Å². The Labute approximate surface area is 128 Å². The summed E-state index contributed by atoms with van der Waals surface area (Å²) < 4.78 is 0. The number of piperidine rings is 1. The van der Waals surface area contributed by atoms with E-state index in [4.69, 9.17) is 0 Å². The third-order valence-electron chi connectivity index (χ3n) is 3.87. The minimum atomic E-state index is 0. The van der Waals surface area contributed by atoms with Crippen LogP contribution >= 0.6 is 12.4 Å². The van der Waals surface area contributed by atoms with Gasteiger partial charge in [0, 0.05) is 20.1 Å². The zero-order valence-electron chi connectivity index (χ0n) is 12.4. The molecule has 1 aliphatic rings. The minimum Gasteiger partial charge on any atom is -0.341 e. The van der Waals surface area contributed by atoms with Crippen LogP contribution in [0.4, 0.5) is 0 Å². The van der Waals surface area contributed by atoms with E-state index in [1.807, 2.05) is 11.9 Å². The highest BCUT2D eigenvalue weighted by Crippen LogP contribution is 2.15. The molecule has 4 heteroatoms. The van der Waals surface area contributed by atoms with Gasteiger partial charge in [-0.1, -0.05) is 31.2 Å². The maximum absolute atomic E-state index is 12.3. The number of carbonyl (C=O) groups excluding carboxylic acids is 1. The number of nitrogens with one attached hydrogen (secondary N) is 1. The summed E-state index contributed by atoms with van der Waals surface area (Å²) in [6.45, 7) is 4.74. The molecule has 1 fully saturated rings. The van der Waals surface area contributed by atoms with Crippen molar-refractivity contribution in [3.8, 4) is 0 Å². The molecule has 1 N–H and O–H groups in total. The Morgan fingerprint density at radius 3 is 2.50 bits per heavy atom. The first-order valence-corrected chi connectivity index (χ1v) is 7.24. The van der Waals surface area contributed by atoms with E-state index in [0.29, 0.717) is 6.54 Å². The summed E-state index contributed by atoms with van der Waals surface area (Å²) in [6.07, 6.45) is 3.18. The number of hydrogen-bond donors (Lipinski definition) is 1. The molecule has 1 saturated heterocycles. The van der Waals surface area contributed by atoms with Crippen LogP contribution in [0.3, 0.4) is 0 Å². The molecule has 1 amide bonds. The fourth-order valence-electron chi connectivity index (χ4n) is 2.61. The number of rotatable bonds is 4. The van der Waals surface area contributed by atoms with Crippen molar-refractivity contribution in [2.24, 2.45) is 5.92 Å². The maximum atomic E-state index is 12.3. The van der Waals surface area contributed by atoms with Crippen molar-refractivity contribution in [1.29, 1.82) is 0 Å². The average Bonchev–Trinajstić information content (AvgIpc) is 2.48. The first-order valence-electron chi connectivity index (χ1n) is 7.24. The molecule has 1 aliphatic heterocycles. The SMILES string of the molecule is CCc1ccc(CN(C)C(=O)[C@@H]2CCCNC2)cc1.Cl. The molecule has 0 radical (unpaired) electrons. The van der Waals surface area contributed by atoms with Gasteiger partial charge in [-0.2, -0.15) is 0 Å². The van der Waals surface area contributed by atoms with Crippen molar-refractivity contribution < 1.29 is 4.79 Å². The molecule has 2 rings (SSSR count). The number of halogens is 1. The van der Waals surface area contributed by atoms with Crippen LogP contribution < -0.4 is 5.32 Å². The Hall–Kier alpha value is -1.06. The fourth-order valence-corrected chi connectivity index (χ4v) is 2.61. The average molecular weight is 297 g/mol. The number of amides is 1. The summed E-state index contributed by atoms with van der Waals surface area (Å²) in [6, 6.07) is 8.55. The normalized spacial score (nSPS) is 18.2. The predicted molar refractivity (Wildman–Crippen MR) is 85.1 cm³/mol. The van der Waals surface area contributed by atoms with Gasteiger partial charge in [-0.05, 0) is 36.9 Å². The molecule has 20 heavy (non-hydrogen) atoms. The van der Waals surface area contributed by atoms with Crippen LogP contribution in [0.25, 0.3) is 0 Å². The molecular formula is C16H25ClN2O. The number of aryl methyl sites for hydroxylation is 1.